The number of allylic oxidation sites excluding steroid dienone is 3. The topological polar surface area (TPSA) is 103 Å². The average molecular weight is 670 g/mol. The lowest BCUT2D eigenvalue weighted by Crippen LogP contribution is -2.47. The number of para-hydroxylation sites is 1. The highest BCUT2D eigenvalue weighted by molar-refractivity contribution is 7.91. The summed E-state index contributed by atoms with van der Waals surface area (Å²) < 4.78 is 66.7. The van der Waals surface area contributed by atoms with E-state index >= 15 is 4.39 Å². The van der Waals surface area contributed by atoms with Crippen molar-refractivity contribution in [2.24, 2.45) is 0 Å². The van der Waals surface area contributed by atoms with Crippen LogP contribution in [0.5, 0.6) is 11.5 Å². The predicted octanol–water partition coefficient (Wildman–Crippen LogP) is 7.28. The van der Waals surface area contributed by atoms with Gasteiger partial charge in [-0.25, -0.2) is 21.2 Å². The molecule has 2 atom stereocenters. The van der Waals surface area contributed by atoms with Crippen molar-refractivity contribution in [3.8, 4) is 11.5 Å². The first-order valence-electron chi connectivity index (χ1n) is 15.6. The first kappa shape index (κ1) is 31.6. The number of aryl methyl sites for hydroxylation is 2. The highest BCUT2D eigenvalue weighted by Gasteiger charge is 2.51. The van der Waals surface area contributed by atoms with E-state index in [9.17, 15) is 22.4 Å². The van der Waals surface area contributed by atoms with E-state index in [1.54, 1.807) is 35.9 Å². The molecule has 0 aliphatic heterocycles. The molecule has 11 heteroatoms. The number of hydrogen-bond donors (Lipinski definition) is 1. The van der Waals surface area contributed by atoms with E-state index in [1.165, 1.54) is 37.5 Å². The van der Waals surface area contributed by atoms with Gasteiger partial charge in [-0.1, -0.05) is 36.4 Å². The van der Waals surface area contributed by atoms with Gasteiger partial charge in [-0.2, -0.15) is 0 Å². The van der Waals surface area contributed by atoms with Crippen LogP contribution in [0.4, 0.5) is 8.78 Å². The van der Waals surface area contributed by atoms with Crippen LogP contribution in [0.25, 0.3) is 16.5 Å². The molecule has 246 valence electrons. The van der Waals surface area contributed by atoms with E-state index in [0.717, 1.165) is 34.0 Å². The van der Waals surface area contributed by atoms with Gasteiger partial charge in [-0.3, -0.25) is 9.59 Å². The number of aromatic nitrogens is 3. The number of nitrogens with one attached hydrogen (secondary N) is 1. The summed E-state index contributed by atoms with van der Waals surface area (Å²) in [5.41, 5.74) is 1.91. The van der Waals surface area contributed by atoms with E-state index in [-0.39, 0.29) is 22.7 Å². The fourth-order valence-electron chi connectivity index (χ4n) is 6.70. The smallest absolute Gasteiger partial charge is 0.273 e. The van der Waals surface area contributed by atoms with Gasteiger partial charge < -0.3 is 14.3 Å². The van der Waals surface area contributed by atoms with Crippen molar-refractivity contribution in [2.75, 3.05) is 0 Å². The molecular weight excluding hydrogens is 636 g/mol. The zero-order valence-electron chi connectivity index (χ0n) is 26.8. The van der Waals surface area contributed by atoms with Crippen molar-refractivity contribution in [3.05, 3.63) is 146 Å². The van der Waals surface area contributed by atoms with Gasteiger partial charge >= 0.3 is 0 Å². The standard InChI is InChI=1S/C37H33F2N3O5S/c1-21-6-5-7-22(2)35(21)47-32-20-41(27-9-10-27)33(43)19-29(32)25-16-23(3)37(4,30(17-25)28-11-8-26(38)18-31(28)39)48(45,46)42-15-13-24-12-14-40-36(44)34(24)42/h5-8,11-20,27,30H,9-10H2,1-4H3,(H,40,44). The summed E-state index contributed by atoms with van der Waals surface area (Å²) in [7, 11) is -4.51. The van der Waals surface area contributed by atoms with Gasteiger partial charge in [-0.15, -0.1) is 0 Å². The van der Waals surface area contributed by atoms with Crippen molar-refractivity contribution in [1.82, 2.24) is 13.5 Å². The summed E-state index contributed by atoms with van der Waals surface area (Å²) in [5, 5.41) is 0.411. The minimum atomic E-state index is -4.51. The van der Waals surface area contributed by atoms with Crippen LogP contribution in [0.2, 0.25) is 0 Å². The third-order valence-electron chi connectivity index (χ3n) is 9.68. The van der Waals surface area contributed by atoms with E-state index in [0.29, 0.717) is 39.7 Å². The minimum absolute atomic E-state index is 0.0542. The fraction of sp³-hybridized carbons (Fsp3) is 0.243. The Morgan fingerprint density at radius 3 is 2.40 bits per heavy atom. The molecule has 1 fully saturated rings. The van der Waals surface area contributed by atoms with Crippen molar-refractivity contribution in [3.63, 3.8) is 0 Å². The van der Waals surface area contributed by atoms with E-state index in [1.807, 2.05) is 32.0 Å². The second-order valence-electron chi connectivity index (χ2n) is 12.8. The Balaban J connectivity index is 1.46. The summed E-state index contributed by atoms with van der Waals surface area (Å²) in [5.74, 6) is -1.97. The molecule has 0 bridgehead atoms. The number of H-pyrrole nitrogens is 1. The Morgan fingerprint density at radius 1 is 0.979 bits per heavy atom. The Labute approximate surface area is 275 Å². The molecule has 2 unspecified atom stereocenters. The maximum Gasteiger partial charge on any atom is 0.273 e. The number of rotatable bonds is 7. The SMILES string of the molecule is CC1=CC(c2cc(=O)n(C3CC3)cc2Oc2c(C)cccc2C)=CC(c2ccc(F)cc2F)C1(C)S(=O)(=O)n1ccc2cc[nH]c(=O)c21. The predicted molar refractivity (Wildman–Crippen MR) is 181 cm³/mol. The maximum atomic E-state index is 15.7. The second-order valence-corrected chi connectivity index (χ2v) is 15.0. The minimum Gasteiger partial charge on any atom is -0.455 e. The number of nitrogens with zero attached hydrogens (tertiary/aromatic N) is 2. The number of benzene rings is 2. The molecule has 2 aromatic carbocycles. The van der Waals surface area contributed by atoms with Crippen molar-refractivity contribution in [1.29, 1.82) is 0 Å². The highest BCUT2D eigenvalue weighted by Crippen LogP contribution is 2.50. The molecule has 0 spiro atoms. The van der Waals surface area contributed by atoms with E-state index in [2.05, 4.69) is 4.98 Å². The first-order chi connectivity index (χ1) is 22.8. The van der Waals surface area contributed by atoms with Gasteiger partial charge in [0.15, 0.2) is 5.75 Å². The van der Waals surface area contributed by atoms with E-state index < -0.39 is 37.9 Å². The number of fused-ring (bicyclic) bond motifs is 1. The van der Waals surface area contributed by atoms with Crippen LogP contribution >= 0.6 is 0 Å². The van der Waals surface area contributed by atoms with Gasteiger partial charge in [0.2, 0.25) is 10.0 Å². The molecule has 0 saturated heterocycles. The number of pyridine rings is 2. The summed E-state index contributed by atoms with van der Waals surface area (Å²) >= 11 is 0. The quantitative estimate of drug-likeness (QED) is 0.196. The molecule has 3 heterocycles. The fourth-order valence-corrected chi connectivity index (χ4v) is 8.74. The number of aromatic amines is 1. The summed E-state index contributed by atoms with van der Waals surface area (Å²) in [6.07, 6.45) is 9.38. The Morgan fingerprint density at radius 2 is 1.71 bits per heavy atom. The third-order valence-corrected chi connectivity index (χ3v) is 12.1. The third kappa shape index (κ3) is 4.95. The zero-order chi connectivity index (χ0) is 34.1. The van der Waals surface area contributed by atoms with Crippen LogP contribution in [-0.2, 0) is 10.0 Å². The molecule has 3 aromatic heterocycles. The van der Waals surface area contributed by atoms with Crippen LogP contribution in [0, 0.1) is 25.5 Å². The van der Waals surface area contributed by atoms with Gasteiger partial charge in [0, 0.05) is 47.4 Å². The highest BCUT2D eigenvalue weighted by atomic mass is 32.2. The lowest BCUT2D eigenvalue weighted by atomic mass is 9.75. The monoisotopic (exact) mass is 669 g/mol. The molecule has 8 nitrogen and oxygen atoms in total. The first-order valence-corrected chi connectivity index (χ1v) is 17.1. The second kappa shape index (κ2) is 11.3. The maximum absolute atomic E-state index is 15.7. The van der Waals surface area contributed by atoms with Crippen LogP contribution in [0.15, 0.2) is 101 Å². The summed E-state index contributed by atoms with van der Waals surface area (Å²) in [6.45, 7) is 6.93. The van der Waals surface area contributed by atoms with Crippen molar-refractivity contribution < 1.29 is 21.9 Å². The number of ether oxygens (including phenoxy) is 1. The normalized spacial score (nSPS) is 19.7. The average Bonchev–Trinajstić information content (AvgIpc) is 3.78. The summed E-state index contributed by atoms with van der Waals surface area (Å²) in [4.78, 5) is 28.9. The lowest BCUT2D eigenvalue weighted by Gasteiger charge is -2.40. The van der Waals surface area contributed by atoms with Gasteiger partial charge in [-0.05, 0) is 86.6 Å². The molecule has 1 N–H and O–H groups in total. The van der Waals surface area contributed by atoms with Crippen molar-refractivity contribution in [2.45, 2.75) is 57.2 Å². The molecule has 5 aromatic rings. The molecule has 2 aliphatic carbocycles. The van der Waals surface area contributed by atoms with Crippen LogP contribution in [0.1, 0.15) is 60.9 Å². The Bertz CT molecular complexity index is 2420. The molecule has 0 radical (unpaired) electrons. The molecule has 1 saturated carbocycles. The van der Waals surface area contributed by atoms with Crippen molar-refractivity contribution >= 4 is 26.5 Å². The molecular formula is C37H33F2N3O5S. The zero-order valence-corrected chi connectivity index (χ0v) is 27.6. The lowest BCUT2D eigenvalue weighted by molar-refractivity contribution is 0.464. The molecule has 48 heavy (non-hydrogen) atoms. The van der Waals surface area contributed by atoms with Crippen LogP contribution in [0.3, 0.4) is 0 Å². The largest absolute Gasteiger partial charge is 0.455 e. The van der Waals surface area contributed by atoms with Gasteiger partial charge in [0.05, 0.1) is 6.20 Å². The van der Waals surface area contributed by atoms with Crippen LogP contribution in [-0.4, -0.2) is 26.7 Å². The van der Waals surface area contributed by atoms with E-state index in [4.69, 9.17) is 4.74 Å². The van der Waals surface area contributed by atoms with Crippen LogP contribution < -0.4 is 15.9 Å². The Hall–Kier alpha value is -5.03. The molecule has 2 aliphatic rings. The van der Waals surface area contributed by atoms with Gasteiger partial charge in [0.1, 0.15) is 27.6 Å². The Kier molecular flexibility index (Phi) is 7.43. The molecule has 0 amide bonds. The number of halogens is 2. The summed E-state index contributed by atoms with van der Waals surface area (Å²) in [6, 6.07) is 13.4. The van der Waals surface area contributed by atoms with Gasteiger partial charge in [0.25, 0.3) is 11.1 Å². The molecule has 7 rings (SSSR count). The number of hydrogen-bond acceptors (Lipinski definition) is 5.